The van der Waals surface area contributed by atoms with E-state index in [1.807, 2.05) is 29.6 Å². The Morgan fingerprint density at radius 3 is 2.23 bits per heavy atom. The number of ether oxygens (including phenoxy) is 1. The second-order valence-electron chi connectivity index (χ2n) is 5.54. The Hall–Kier alpha value is -2.63. The Balaban J connectivity index is 1.83. The van der Waals surface area contributed by atoms with Crippen LogP contribution in [0.1, 0.15) is 37.2 Å². The minimum atomic E-state index is -0.436. The first-order chi connectivity index (χ1) is 12.6. The lowest BCUT2D eigenvalue weighted by atomic mass is 10.0. The summed E-state index contributed by atoms with van der Waals surface area (Å²) < 4.78 is 4.67. The van der Waals surface area contributed by atoms with Crippen LogP contribution in [0.4, 0.5) is 0 Å². The molecule has 3 rings (SSSR count). The number of nitrogens with one attached hydrogen (secondary N) is 1. The Morgan fingerprint density at radius 1 is 1.00 bits per heavy atom. The van der Waals surface area contributed by atoms with Gasteiger partial charge in [0.2, 0.25) is 0 Å². The van der Waals surface area contributed by atoms with E-state index < -0.39 is 5.97 Å². The van der Waals surface area contributed by atoms with Gasteiger partial charge in [0.25, 0.3) is 5.91 Å². The summed E-state index contributed by atoms with van der Waals surface area (Å²) in [6, 6.07) is 17.4. The van der Waals surface area contributed by atoms with E-state index >= 15 is 0 Å². The van der Waals surface area contributed by atoms with Gasteiger partial charge in [0.15, 0.2) is 0 Å². The minimum absolute atomic E-state index is 0.227. The van der Waals surface area contributed by atoms with Gasteiger partial charge in [-0.1, -0.05) is 29.8 Å². The van der Waals surface area contributed by atoms with E-state index in [-0.39, 0.29) is 11.9 Å². The van der Waals surface area contributed by atoms with Gasteiger partial charge in [0, 0.05) is 15.5 Å². The molecule has 132 valence electrons. The number of amides is 1. The van der Waals surface area contributed by atoms with Gasteiger partial charge in [-0.05, 0) is 53.4 Å². The maximum Gasteiger partial charge on any atom is 0.337 e. The number of methoxy groups -OCH3 is 1. The van der Waals surface area contributed by atoms with Gasteiger partial charge in [-0.25, -0.2) is 4.79 Å². The van der Waals surface area contributed by atoms with Crippen LogP contribution in [0.15, 0.2) is 66.0 Å². The van der Waals surface area contributed by atoms with Crippen molar-refractivity contribution in [3.05, 3.63) is 92.6 Å². The number of carbonyl (C=O) groups is 2. The van der Waals surface area contributed by atoms with Crippen molar-refractivity contribution in [2.45, 2.75) is 6.04 Å². The zero-order valence-electron chi connectivity index (χ0n) is 13.9. The van der Waals surface area contributed by atoms with Crippen LogP contribution in [-0.4, -0.2) is 19.0 Å². The summed E-state index contributed by atoms with van der Waals surface area (Å²) in [7, 11) is 1.32. The molecular formula is C20H16ClNO3S. The maximum absolute atomic E-state index is 12.7. The molecule has 0 radical (unpaired) electrons. The monoisotopic (exact) mass is 385 g/mol. The molecule has 1 unspecified atom stereocenters. The molecule has 0 saturated carbocycles. The second kappa shape index (κ2) is 8.17. The SMILES string of the molecule is COC(=O)c1ccc(C(=O)NC(c2ccc(Cl)cc2)c2cccs2)cc1. The fraction of sp³-hybridized carbons (Fsp3) is 0.100. The molecule has 1 amide bonds. The number of hydrogen-bond acceptors (Lipinski definition) is 4. The molecule has 2 aromatic carbocycles. The number of benzene rings is 2. The number of halogens is 1. The highest BCUT2D eigenvalue weighted by Crippen LogP contribution is 2.27. The predicted molar refractivity (Wildman–Crippen MR) is 103 cm³/mol. The largest absolute Gasteiger partial charge is 0.465 e. The molecule has 0 spiro atoms. The lowest BCUT2D eigenvalue weighted by Crippen LogP contribution is -2.28. The molecule has 1 aromatic heterocycles. The average Bonchev–Trinajstić information content (AvgIpc) is 3.20. The second-order valence-corrected chi connectivity index (χ2v) is 6.96. The molecule has 0 saturated heterocycles. The Morgan fingerprint density at radius 2 is 1.65 bits per heavy atom. The van der Waals surface area contributed by atoms with Gasteiger partial charge in [-0.15, -0.1) is 11.3 Å². The molecule has 0 aliphatic heterocycles. The summed E-state index contributed by atoms with van der Waals surface area (Å²) in [5, 5.41) is 5.66. The van der Waals surface area contributed by atoms with E-state index in [1.165, 1.54) is 7.11 Å². The first kappa shape index (κ1) is 18.2. The molecule has 1 atom stereocenters. The van der Waals surface area contributed by atoms with E-state index in [1.54, 1.807) is 47.7 Å². The third-order valence-corrected chi connectivity index (χ3v) is 5.06. The lowest BCUT2D eigenvalue weighted by Gasteiger charge is -2.18. The van der Waals surface area contributed by atoms with E-state index in [4.69, 9.17) is 11.6 Å². The van der Waals surface area contributed by atoms with Crippen molar-refractivity contribution in [1.29, 1.82) is 0 Å². The van der Waals surface area contributed by atoms with E-state index in [2.05, 4.69) is 10.1 Å². The Bertz CT molecular complexity index is 890. The lowest BCUT2D eigenvalue weighted by molar-refractivity contribution is 0.0600. The van der Waals surface area contributed by atoms with Gasteiger partial charge in [0.05, 0.1) is 18.7 Å². The summed E-state index contributed by atoms with van der Waals surface area (Å²) in [5.41, 5.74) is 1.81. The highest BCUT2D eigenvalue weighted by atomic mass is 35.5. The molecule has 26 heavy (non-hydrogen) atoms. The van der Waals surface area contributed by atoms with Gasteiger partial charge in [-0.3, -0.25) is 4.79 Å². The summed E-state index contributed by atoms with van der Waals surface area (Å²) in [6.07, 6.45) is 0. The van der Waals surface area contributed by atoms with Crippen molar-refractivity contribution < 1.29 is 14.3 Å². The van der Waals surface area contributed by atoms with E-state index in [0.717, 1.165) is 10.4 Å². The highest BCUT2D eigenvalue weighted by molar-refractivity contribution is 7.10. The fourth-order valence-electron chi connectivity index (χ4n) is 2.52. The zero-order chi connectivity index (χ0) is 18.5. The molecular weight excluding hydrogens is 370 g/mol. The first-order valence-electron chi connectivity index (χ1n) is 7.86. The fourth-order valence-corrected chi connectivity index (χ4v) is 3.45. The van der Waals surface area contributed by atoms with E-state index in [9.17, 15) is 9.59 Å². The van der Waals surface area contributed by atoms with Crippen molar-refractivity contribution >= 4 is 34.8 Å². The molecule has 0 aliphatic rings. The van der Waals surface area contributed by atoms with Crippen molar-refractivity contribution in [3.8, 4) is 0 Å². The van der Waals surface area contributed by atoms with Crippen LogP contribution in [0.5, 0.6) is 0 Å². The third-order valence-electron chi connectivity index (χ3n) is 3.87. The molecule has 1 heterocycles. The first-order valence-corrected chi connectivity index (χ1v) is 9.12. The van der Waals surface area contributed by atoms with E-state index in [0.29, 0.717) is 16.1 Å². The van der Waals surface area contributed by atoms with Crippen molar-refractivity contribution in [2.75, 3.05) is 7.11 Å². The molecule has 3 aromatic rings. The number of thiophene rings is 1. The third kappa shape index (κ3) is 4.12. The highest BCUT2D eigenvalue weighted by Gasteiger charge is 2.19. The summed E-state index contributed by atoms with van der Waals surface area (Å²) >= 11 is 7.54. The number of carbonyl (C=O) groups excluding carboxylic acids is 2. The van der Waals surface area contributed by atoms with Gasteiger partial charge in [-0.2, -0.15) is 0 Å². The normalized spacial score (nSPS) is 11.6. The number of hydrogen-bond donors (Lipinski definition) is 1. The zero-order valence-corrected chi connectivity index (χ0v) is 15.5. The topological polar surface area (TPSA) is 55.4 Å². The molecule has 0 fully saturated rings. The molecule has 6 heteroatoms. The average molecular weight is 386 g/mol. The maximum atomic E-state index is 12.7. The van der Waals surface area contributed by atoms with Gasteiger partial charge in [0.1, 0.15) is 0 Å². The smallest absolute Gasteiger partial charge is 0.337 e. The van der Waals surface area contributed by atoms with Crippen LogP contribution >= 0.6 is 22.9 Å². The van der Waals surface area contributed by atoms with Crippen LogP contribution in [0, 0.1) is 0 Å². The van der Waals surface area contributed by atoms with Gasteiger partial charge >= 0.3 is 5.97 Å². The van der Waals surface area contributed by atoms with Crippen LogP contribution in [-0.2, 0) is 4.74 Å². The van der Waals surface area contributed by atoms with Crippen LogP contribution in [0.3, 0.4) is 0 Å². The van der Waals surface area contributed by atoms with Crippen molar-refractivity contribution in [1.82, 2.24) is 5.32 Å². The Labute approximate surface area is 160 Å². The number of esters is 1. The molecule has 0 bridgehead atoms. The summed E-state index contributed by atoms with van der Waals surface area (Å²) in [6.45, 7) is 0. The summed E-state index contributed by atoms with van der Waals surface area (Å²) in [5.74, 6) is -0.663. The van der Waals surface area contributed by atoms with Crippen LogP contribution in [0.25, 0.3) is 0 Å². The molecule has 4 nitrogen and oxygen atoms in total. The molecule has 1 N–H and O–H groups in total. The van der Waals surface area contributed by atoms with Crippen molar-refractivity contribution in [3.63, 3.8) is 0 Å². The number of rotatable bonds is 5. The summed E-state index contributed by atoms with van der Waals surface area (Å²) in [4.78, 5) is 25.2. The minimum Gasteiger partial charge on any atom is -0.465 e. The Kier molecular flexibility index (Phi) is 5.71. The molecule has 0 aliphatic carbocycles. The predicted octanol–water partition coefficient (Wildman–Crippen LogP) is 4.71. The quantitative estimate of drug-likeness (QED) is 0.647. The van der Waals surface area contributed by atoms with Crippen LogP contribution in [0.2, 0.25) is 5.02 Å². The van der Waals surface area contributed by atoms with Crippen LogP contribution < -0.4 is 5.32 Å². The van der Waals surface area contributed by atoms with Gasteiger partial charge < -0.3 is 10.1 Å². The standard InChI is InChI=1S/C20H16ClNO3S/c1-25-20(24)15-6-4-14(5-7-15)19(23)22-18(17-3-2-12-26-17)13-8-10-16(21)11-9-13/h2-12,18H,1H3,(H,22,23). The van der Waals surface area contributed by atoms with Crippen molar-refractivity contribution in [2.24, 2.45) is 0 Å².